The Morgan fingerprint density at radius 2 is 1.60 bits per heavy atom. The van der Waals surface area contributed by atoms with Crippen molar-refractivity contribution < 1.29 is 55.7 Å². The Morgan fingerprint density at radius 1 is 0.893 bits per heavy atom. The highest BCUT2D eigenvalue weighted by atomic mass is 35.5. The van der Waals surface area contributed by atoms with Gasteiger partial charge in [-0.1, -0.05) is 48.9 Å². The first-order chi connectivity index (χ1) is 36.0. The van der Waals surface area contributed by atoms with Crippen LogP contribution in [-0.2, 0) is 22.2 Å². The highest BCUT2D eigenvalue weighted by molar-refractivity contribution is 6.34. The first kappa shape index (κ1) is 52.1. The molecule has 398 valence electrons. The normalized spacial score (nSPS) is 22.9. The number of imide groups is 1. The number of nitrogens with zero attached hydrogens (tertiary/aromatic N) is 5. The summed E-state index contributed by atoms with van der Waals surface area (Å²) in [5.41, 5.74) is 4.48. The molecule has 5 aromatic rings. The fraction of sp³-hybridized carbons (Fsp3) is 0.463. The largest absolute Gasteiger partial charge is 0.488 e. The molecule has 0 bridgehead atoms. The van der Waals surface area contributed by atoms with Gasteiger partial charge in [-0.3, -0.25) is 29.3 Å². The van der Waals surface area contributed by atoms with Crippen LogP contribution in [0.1, 0.15) is 104 Å². The maximum atomic E-state index is 16.5. The molecule has 3 saturated heterocycles. The second-order valence-electron chi connectivity index (χ2n) is 20.4. The molecule has 4 fully saturated rings. The van der Waals surface area contributed by atoms with Crippen molar-refractivity contribution in [1.29, 1.82) is 0 Å². The number of fused-ring (bicyclic) bond motifs is 2. The SMILES string of the molecule is C[C@H]1c2c(cc(F)c(Cl)c2-c2c(C(N)=O)ccc(OCCO)c2F)O[C@]1(CNC1CCC(C(=O)N2CCC(N3CCC(c4c(F)c(F)c5c(N6CCC(=O)NC6=O)nn(C)c5c4F)CC3)CC2)CC1)c1ccccc1. The number of hydrogen-bond acceptors (Lipinski definition) is 10. The lowest BCUT2D eigenvalue weighted by molar-refractivity contribution is -0.138. The van der Waals surface area contributed by atoms with Crippen molar-refractivity contribution in [3.05, 3.63) is 105 Å². The Morgan fingerprint density at radius 3 is 2.27 bits per heavy atom. The molecular formula is C54H58ClF5N8O7. The Labute approximate surface area is 434 Å². The summed E-state index contributed by atoms with van der Waals surface area (Å²) in [5.74, 6) is -8.54. The molecule has 4 aliphatic heterocycles. The minimum Gasteiger partial charge on any atom is -0.488 e. The van der Waals surface area contributed by atoms with Crippen LogP contribution in [0.4, 0.5) is 32.6 Å². The van der Waals surface area contributed by atoms with E-state index >= 15 is 22.0 Å². The monoisotopic (exact) mass is 1060 g/mol. The smallest absolute Gasteiger partial charge is 0.329 e. The van der Waals surface area contributed by atoms with Crippen LogP contribution < -0.4 is 30.7 Å². The number of carbonyl (C=O) groups is 4. The number of aryl methyl sites for hydroxylation is 1. The minimum atomic E-state index is -1.30. The molecule has 2 atom stereocenters. The van der Waals surface area contributed by atoms with Crippen LogP contribution in [0.3, 0.4) is 0 Å². The van der Waals surface area contributed by atoms with Crippen molar-refractivity contribution in [2.45, 2.75) is 94.2 Å². The summed E-state index contributed by atoms with van der Waals surface area (Å²) < 4.78 is 93.8. The highest BCUT2D eigenvalue weighted by Gasteiger charge is 2.50. The summed E-state index contributed by atoms with van der Waals surface area (Å²) >= 11 is 6.71. The number of nitrogens with two attached hydrogens (primary N) is 1. The van der Waals surface area contributed by atoms with Gasteiger partial charge in [0.05, 0.1) is 22.6 Å². The molecule has 5 heterocycles. The zero-order valence-corrected chi connectivity index (χ0v) is 42.3. The number of carbonyl (C=O) groups excluding carboxylic acids is 4. The van der Waals surface area contributed by atoms with Crippen LogP contribution in [0.5, 0.6) is 11.5 Å². The van der Waals surface area contributed by atoms with Gasteiger partial charge >= 0.3 is 6.03 Å². The fourth-order valence-electron chi connectivity index (χ4n) is 12.3. The van der Waals surface area contributed by atoms with Crippen molar-refractivity contribution >= 4 is 52.1 Å². The van der Waals surface area contributed by atoms with Crippen LogP contribution in [0, 0.1) is 35.0 Å². The number of nitrogens with one attached hydrogen (secondary N) is 2. The predicted molar refractivity (Wildman–Crippen MR) is 268 cm³/mol. The van der Waals surface area contributed by atoms with E-state index in [0.29, 0.717) is 70.3 Å². The number of primary amides is 1. The van der Waals surface area contributed by atoms with Gasteiger partial charge in [0.2, 0.25) is 17.7 Å². The molecule has 10 rings (SSSR count). The third-order valence-electron chi connectivity index (χ3n) is 16.3. The van der Waals surface area contributed by atoms with E-state index in [0.717, 1.165) is 28.0 Å². The number of aliphatic hydroxyl groups is 1. The van der Waals surface area contributed by atoms with Gasteiger partial charge in [-0.05, 0) is 88.1 Å². The number of hydrogen-bond donors (Lipinski definition) is 4. The van der Waals surface area contributed by atoms with E-state index < -0.39 is 81.4 Å². The predicted octanol–water partition coefficient (Wildman–Crippen LogP) is 7.92. The zero-order valence-electron chi connectivity index (χ0n) is 41.5. The van der Waals surface area contributed by atoms with E-state index in [1.54, 1.807) is 0 Å². The second-order valence-corrected chi connectivity index (χ2v) is 20.7. The van der Waals surface area contributed by atoms with Gasteiger partial charge in [-0.2, -0.15) is 5.10 Å². The zero-order chi connectivity index (χ0) is 53.0. The van der Waals surface area contributed by atoms with Crippen molar-refractivity contribution in [3.8, 4) is 22.6 Å². The summed E-state index contributed by atoms with van der Waals surface area (Å²) in [4.78, 5) is 56.3. The number of aliphatic hydroxyl groups excluding tert-OH is 1. The van der Waals surface area contributed by atoms with Crippen molar-refractivity contribution in [3.63, 3.8) is 0 Å². The molecule has 5 N–H and O–H groups in total. The van der Waals surface area contributed by atoms with Gasteiger partial charge in [-0.25, -0.2) is 26.7 Å². The van der Waals surface area contributed by atoms with Gasteiger partial charge in [0.1, 0.15) is 23.7 Å². The molecule has 0 spiro atoms. The number of halogens is 6. The maximum Gasteiger partial charge on any atom is 0.329 e. The Bertz CT molecular complexity index is 3070. The first-order valence-electron chi connectivity index (χ1n) is 25.6. The van der Waals surface area contributed by atoms with Crippen LogP contribution in [0.15, 0.2) is 48.5 Å². The third-order valence-corrected chi connectivity index (χ3v) is 16.6. The lowest BCUT2D eigenvalue weighted by Gasteiger charge is -2.43. The van der Waals surface area contributed by atoms with Gasteiger partial charge in [0.15, 0.2) is 40.4 Å². The van der Waals surface area contributed by atoms with E-state index in [4.69, 9.17) is 26.8 Å². The Hall–Kier alpha value is -6.35. The number of rotatable bonds is 13. The van der Waals surface area contributed by atoms with Crippen LogP contribution in [0.25, 0.3) is 22.0 Å². The average molecular weight is 1060 g/mol. The minimum absolute atomic E-state index is 0.000304. The van der Waals surface area contributed by atoms with Crippen molar-refractivity contribution in [2.24, 2.45) is 18.7 Å². The molecular weight excluding hydrogens is 1000 g/mol. The number of benzene rings is 4. The number of likely N-dealkylation sites (tertiary alicyclic amines) is 2. The van der Waals surface area contributed by atoms with E-state index in [9.17, 15) is 24.3 Å². The molecule has 1 saturated carbocycles. The van der Waals surface area contributed by atoms with Gasteiger partial charge in [0, 0.05) is 91.9 Å². The lowest BCUT2D eigenvalue weighted by atomic mass is 9.77. The topological polar surface area (TPSA) is 185 Å². The van der Waals surface area contributed by atoms with Crippen molar-refractivity contribution in [2.75, 3.05) is 57.4 Å². The van der Waals surface area contributed by atoms with Gasteiger partial charge in [0.25, 0.3) is 0 Å². The average Bonchev–Trinajstić information content (AvgIpc) is 3.91. The Balaban J connectivity index is 0.762. The third kappa shape index (κ3) is 9.34. The fourth-order valence-corrected chi connectivity index (χ4v) is 12.6. The Kier molecular flexibility index (Phi) is 14.6. The number of aromatic nitrogens is 2. The summed E-state index contributed by atoms with van der Waals surface area (Å²) in [6, 6.07) is 12.4. The molecule has 5 amide bonds. The van der Waals surface area contributed by atoms with Crippen LogP contribution in [-0.4, -0.2) is 113 Å². The van der Waals surface area contributed by atoms with Gasteiger partial charge in [-0.15, -0.1) is 0 Å². The first-order valence-corrected chi connectivity index (χ1v) is 25.9. The highest BCUT2D eigenvalue weighted by Crippen LogP contribution is 2.57. The number of anilines is 1. The molecule has 0 unspecified atom stereocenters. The van der Waals surface area contributed by atoms with E-state index in [-0.39, 0.29) is 95.1 Å². The molecule has 4 aromatic carbocycles. The summed E-state index contributed by atoms with van der Waals surface area (Å²) in [5, 5.41) is 18.5. The van der Waals surface area contributed by atoms with E-state index in [1.165, 1.54) is 25.2 Å². The van der Waals surface area contributed by atoms with Crippen molar-refractivity contribution in [1.82, 2.24) is 30.2 Å². The van der Waals surface area contributed by atoms with Gasteiger partial charge < -0.3 is 35.4 Å². The van der Waals surface area contributed by atoms with E-state index in [1.807, 2.05) is 42.2 Å². The summed E-state index contributed by atoms with van der Waals surface area (Å²) in [6.45, 7) is 3.59. The molecule has 5 aliphatic rings. The molecule has 0 radical (unpaired) electrons. The quantitative estimate of drug-likeness (QED) is 0.0668. The molecule has 15 nitrogen and oxygen atoms in total. The van der Waals surface area contributed by atoms with Crippen LogP contribution >= 0.6 is 11.6 Å². The number of urea groups is 1. The number of amides is 5. The second kappa shape index (κ2) is 21.0. The summed E-state index contributed by atoms with van der Waals surface area (Å²) in [6.07, 6.45) is 4.90. The summed E-state index contributed by atoms with van der Waals surface area (Å²) in [7, 11) is 1.40. The number of piperidine rings is 2. The lowest BCUT2D eigenvalue weighted by Crippen LogP contribution is -2.51. The van der Waals surface area contributed by atoms with E-state index in [2.05, 4.69) is 20.6 Å². The molecule has 75 heavy (non-hydrogen) atoms. The van der Waals surface area contributed by atoms with Crippen LogP contribution in [0.2, 0.25) is 5.02 Å². The molecule has 21 heteroatoms. The number of ether oxygens (including phenoxy) is 2. The molecule has 1 aromatic heterocycles. The standard InChI is InChI=1S/C54H58ClF5N8O7/c1-28-39-37(26-35(56)44(55)42(39)41-34(50(61)71)12-13-36(45(41)57)74-25-24-69)75-54(28,31-6-4-3-5-7-31)27-62-32-10-8-30(9-11-32)52(72)67-21-16-33(17-22-67)66-19-14-29(15-20-66)40-46(58)47(59)43-49(48(40)60)65(2)64-51(43)68-23-18-38(70)63-53(68)73/h3-7,12-13,26,28-30,32-33,62,69H,8-11,14-25,27H2,1-2H3,(H2,61,71)(H,63,70,73)/t28-,30?,32?,54-/m0/s1. The maximum absolute atomic E-state index is 16.5. The molecule has 1 aliphatic carbocycles.